The predicted octanol–water partition coefficient (Wildman–Crippen LogP) is 2.65. The highest BCUT2D eigenvalue weighted by Crippen LogP contribution is 2.37. The molecule has 88 valence electrons. The van der Waals surface area contributed by atoms with Crippen LogP contribution in [0.25, 0.3) is 0 Å². The van der Waals surface area contributed by atoms with Gasteiger partial charge in [0.15, 0.2) is 0 Å². The van der Waals surface area contributed by atoms with Gasteiger partial charge in [-0.25, -0.2) is 0 Å². The van der Waals surface area contributed by atoms with Gasteiger partial charge in [-0.3, -0.25) is 0 Å². The van der Waals surface area contributed by atoms with Gasteiger partial charge in [0.1, 0.15) is 0 Å². The molecule has 1 aromatic rings. The summed E-state index contributed by atoms with van der Waals surface area (Å²) >= 11 is 0. The predicted molar refractivity (Wildman–Crippen MR) is 65.4 cm³/mol. The van der Waals surface area contributed by atoms with Crippen molar-refractivity contribution in [2.45, 2.75) is 51.6 Å². The molecule has 2 rings (SSSR count). The molecule has 0 bridgehead atoms. The van der Waals surface area contributed by atoms with Crippen LogP contribution in [0.3, 0.4) is 0 Å². The third-order valence-electron chi connectivity index (χ3n) is 3.63. The second kappa shape index (κ2) is 3.93. The van der Waals surface area contributed by atoms with Crippen molar-refractivity contribution in [3.8, 4) is 0 Å². The van der Waals surface area contributed by atoms with Crippen LogP contribution in [-0.2, 0) is 15.7 Å². The Balaban J connectivity index is 1.90. The van der Waals surface area contributed by atoms with Crippen LogP contribution in [0, 0.1) is 0 Å². The molecule has 0 aromatic carbocycles. The summed E-state index contributed by atoms with van der Waals surface area (Å²) in [6.07, 6.45) is 5.86. The van der Waals surface area contributed by atoms with E-state index in [0.717, 1.165) is 12.7 Å². The Kier molecular flexibility index (Phi) is 2.89. The molecule has 4 heteroatoms. The van der Waals surface area contributed by atoms with Crippen molar-refractivity contribution < 1.29 is 9.31 Å². The average Bonchev–Trinajstić information content (AvgIpc) is 2.70. The molecule has 1 aliphatic rings. The van der Waals surface area contributed by atoms with Crippen molar-refractivity contribution in [2.24, 2.45) is 0 Å². The molecule has 3 nitrogen and oxygen atoms in total. The van der Waals surface area contributed by atoms with Gasteiger partial charge < -0.3 is 14.3 Å². The molecule has 2 heterocycles. The smallest absolute Gasteiger partial charge is 0.403 e. The van der Waals surface area contributed by atoms with Crippen molar-refractivity contribution in [3.05, 3.63) is 24.0 Å². The van der Waals surface area contributed by atoms with E-state index in [1.807, 2.05) is 12.4 Å². The second-order valence-electron chi connectivity index (χ2n) is 5.44. The monoisotopic (exact) mass is 221 g/mol. The number of aromatic nitrogens is 1. The van der Waals surface area contributed by atoms with Crippen molar-refractivity contribution in [1.82, 2.24) is 4.98 Å². The highest BCUT2D eigenvalue weighted by Gasteiger charge is 2.50. The molecule has 1 aromatic heterocycles. The van der Waals surface area contributed by atoms with E-state index in [1.165, 1.54) is 5.56 Å². The molecule has 1 aliphatic heterocycles. The maximum absolute atomic E-state index is 5.93. The molecular weight excluding hydrogens is 201 g/mol. The number of aryl methyl sites for hydroxylation is 1. The Labute approximate surface area is 97.7 Å². The summed E-state index contributed by atoms with van der Waals surface area (Å²) in [7, 11) is -0.0834. The van der Waals surface area contributed by atoms with Crippen LogP contribution in [0.15, 0.2) is 18.5 Å². The van der Waals surface area contributed by atoms with E-state index in [1.54, 1.807) is 0 Å². The third-order valence-corrected chi connectivity index (χ3v) is 3.63. The molecule has 1 saturated heterocycles. The van der Waals surface area contributed by atoms with Crippen LogP contribution in [-0.4, -0.2) is 23.3 Å². The minimum absolute atomic E-state index is 0.0834. The lowest BCUT2D eigenvalue weighted by molar-refractivity contribution is 0.00578. The fourth-order valence-electron chi connectivity index (χ4n) is 1.88. The summed E-state index contributed by atoms with van der Waals surface area (Å²) in [6, 6.07) is 2.09. The number of hydrogen-bond acceptors (Lipinski definition) is 2. The molecule has 1 N–H and O–H groups in total. The van der Waals surface area contributed by atoms with Gasteiger partial charge in [-0.1, -0.05) is 0 Å². The zero-order valence-corrected chi connectivity index (χ0v) is 10.5. The van der Waals surface area contributed by atoms with E-state index in [9.17, 15) is 0 Å². The summed E-state index contributed by atoms with van der Waals surface area (Å²) in [5.74, 6) is 0. The van der Waals surface area contributed by atoms with E-state index in [4.69, 9.17) is 9.31 Å². The molecule has 0 amide bonds. The van der Waals surface area contributed by atoms with Gasteiger partial charge in [-0.05, 0) is 52.1 Å². The number of H-pyrrole nitrogens is 1. The van der Waals surface area contributed by atoms with Crippen molar-refractivity contribution >= 4 is 7.12 Å². The van der Waals surface area contributed by atoms with E-state index >= 15 is 0 Å². The Morgan fingerprint density at radius 3 is 2.31 bits per heavy atom. The molecule has 0 spiro atoms. The normalized spacial score (nSPS) is 22.6. The summed E-state index contributed by atoms with van der Waals surface area (Å²) in [6.45, 7) is 8.35. The van der Waals surface area contributed by atoms with Crippen molar-refractivity contribution in [2.75, 3.05) is 0 Å². The van der Waals surface area contributed by atoms with Crippen LogP contribution >= 0.6 is 0 Å². The first-order valence-electron chi connectivity index (χ1n) is 5.88. The average molecular weight is 221 g/mol. The molecule has 0 saturated carbocycles. The Hall–Kier alpha value is -0.735. The standard InChI is InChI=1S/C12H20BNO2/c1-11(2)12(3,4)16-13(15-11)7-5-10-6-8-14-9-10/h6,8-9,14H,5,7H2,1-4H3. The SMILES string of the molecule is CC1(C)OB(CCc2cc[nH]c2)OC1(C)C. The second-order valence-corrected chi connectivity index (χ2v) is 5.44. The number of aromatic amines is 1. The zero-order chi connectivity index (χ0) is 11.8. The van der Waals surface area contributed by atoms with Gasteiger partial charge >= 0.3 is 7.12 Å². The molecule has 0 aliphatic carbocycles. The first-order chi connectivity index (χ1) is 7.41. The first-order valence-corrected chi connectivity index (χ1v) is 5.88. The van der Waals surface area contributed by atoms with E-state index in [0.29, 0.717) is 0 Å². The molecule has 0 atom stereocenters. The molecule has 0 radical (unpaired) electrons. The molecule has 1 fully saturated rings. The van der Waals surface area contributed by atoms with Gasteiger partial charge in [0.2, 0.25) is 0 Å². The minimum Gasteiger partial charge on any atom is -0.403 e. The number of nitrogens with one attached hydrogen (secondary N) is 1. The summed E-state index contributed by atoms with van der Waals surface area (Å²) in [4.78, 5) is 3.06. The lowest BCUT2D eigenvalue weighted by Gasteiger charge is -2.32. The van der Waals surface area contributed by atoms with E-state index < -0.39 is 0 Å². The lowest BCUT2D eigenvalue weighted by atomic mass is 9.82. The fourth-order valence-corrected chi connectivity index (χ4v) is 1.88. The summed E-state index contributed by atoms with van der Waals surface area (Å²) in [5.41, 5.74) is 0.876. The number of hydrogen-bond donors (Lipinski definition) is 1. The maximum atomic E-state index is 5.93. The van der Waals surface area contributed by atoms with Crippen molar-refractivity contribution in [1.29, 1.82) is 0 Å². The zero-order valence-electron chi connectivity index (χ0n) is 10.5. The Bertz CT molecular complexity index is 330. The van der Waals surface area contributed by atoms with Gasteiger partial charge in [0, 0.05) is 12.4 Å². The lowest BCUT2D eigenvalue weighted by Crippen LogP contribution is -2.41. The first kappa shape index (κ1) is 11.7. The maximum Gasteiger partial charge on any atom is 0.458 e. The third kappa shape index (κ3) is 2.18. The molecular formula is C12H20BNO2. The quantitative estimate of drug-likeness (QED) is 0.796. The summed E-state index contributed by atoms with van der Waals surface area (Å²) < 4.78 is 11.9. The van der Waals surface area contributed by atoms with Crippen molar-refractivity contribution in [3.63, 3.8) is 0 Å². The van der Waals surface area contributed by atoms with Gasteiger partial charge in [-0.15, -0.1) is 0 Å². The fraction of sp³-hybridized carbons (Fsp3) is 0.667. The number of rotatable bonds is 3. The van der Waals surface area contributed by atoms with Crippen LogP contribution in [0.1, 0.15) is 33.3 Å². The van der Waals surface area contributed by atoms with E-state index in [2.05, 4.69) is 38.7 Å². The molecule has 16 heavy (non-hydrogen) atoms. The van der Waals surface area contributed by atoms with Crippen LogP contribution in [0.4, 0.5) is 0 Å². The van der Waals surface area contributed by atoms with Gasteiger partial charge in [0.25, 0.3) is 0 Å². The largest absolute Gasteiger partial charge is 0.458 e. The van der Waals surface area contributed by atoms with Gasteiger partial charge in [-0.2, -0.15) is 0 Å². The topological polar surface area (TPSA) is 34.2 Å². The van der Waals surface area contributed by atoms with Crippen LogP contribution < -0.4 is 0 Å². The minimum atomic E-state index is -0.212. The summed E-state index contributed by atoms with van der Waals surface area (Å²) in [5, 5.41) is 0. The van der Waals surface area contributed by atoms with Crippen LogP contribution in [0.2, 0.25) is 6.32 Å². The van der Waals surface area contributed by atoms with Gasteiger partial charge in [0.05, 0.1) is 11.2 Å². The highest BCUT2D eigenvalue weighted by atomic mass is 16.7. The van der Waals surface area contributed by atoms with Crippen LogP contribution in [0.5, 0.6) is 0 Å². The van der Waals surface area contributed by atoms with E-state index in [-0.39, 0.29) is 18.3 Å². The highest BCUT2D eigenvalue weighted by molar-refractivity contribution is 6.45. The Morgan fingerprint density at radius 1 is 1.19 bits per heavy atom. The Morgan fingerprint density at radius 2 is 1.81 bits per heavy atom. The molecule has 0 unspecified atom stereocenters.